The summed E-state index contributed by atoms with van der Waals surface area (Å²) in [4.78, 5) is 29.1. The smallest absolute Gasteiger partial charge is 0.390 e. The average Bonchev–Trinajstić information content (AvgIpc) is 3.87. The first-order valence-corrected chi connectivity index (χ1v) is 16.3. The number of carbonyl (C=O) groups excluding carboxylic acids is 2. The van der Waals surface area contributed by atoms with Crippen LogP contribution in [0.15, 0.2) is 84.9 Å². The molecule has 4 aromatic carbocycles. The molecule has 6 rings (SSSR count). The Morgan fingerprint density at radius 2 is 1.59 bits per heavy atom. The minimum Gasteiger partial charge on any atom is -0.390 e. The van der Waals surface area contributed by atoms with Crippen LogP contribution in [0.2, 0.25) is 0 Å². The summed E-state index contributed by atoms with van der Waals surface area (Å²) in [5.74, 6) is -2.99. The second kappa shape index (κ2) is 15.1. The fraction of sp³-hybridized carbons (Fsp3) is 0.316. The molecule has 6 nitrogen and oxygen atoms in total. The van der Waals surface area contributed by atoms with Gasteiger partial charge in [-0.1, -0.05) is 30.3 Å². The fourth-order valence-corrected chi connectivity index (χ4v) is 6.69. The van der Waals surface area contributed by atoms with Gasteiger partial charge < -0.3 is 20.6 Å². The first-order valence-electron chi connectivity index (χ1n) is 16.3. The van der Waals surface area contributed by atoms with E-state index < -0.39 is 52.8 Å². The first kappa shape index (κ1) is 37.9. The summed E-state index contributed by atoms with van der Waals surface area (Å²) in [5, 5.41) is 17.4. The third-order valence-electron chi connectivity index (χ3n) is 9.64. The van der Waals surface area contributed by atoms with Crippen molar-refractivity contribution in [3.63, 3.8) is 0 Å². The van der Waals surface area contributed by atoms with Crippen LogP contribution in [-0.4, -0.2) is 47.1 Å². The maximum absolute atomic E-state index is 14.1. The highest BCUT2D eigenvalue weighted by Gasteiger charge is 2.45. The number of carbonyl (C=O) groups is 2. The van der Waals surface area contributed by atoms with Crippen molar-refractivity contribution in [2.75, 3.05) is 13.1 Å². The maximum Gasteiger partial charge on any atom is 0.416 e. The second-order valence-corrected chi connectivity index (χ2v) is 13.0. The van der Waals surface area contributed by atoms with Crippen LogP contribution in [0.1, 0.15) is 74.3 Å². The van der Waals surface area contributed by atoms with E-state index in [2.05, 4.69) is 10.6 Å². The molecule has 1 fully saturated rings. The quantitative estimate of drug-likeness (QED) is 0.142. The van der Waals surface area contributed by atoms with Crippen LogP contribution < -0.4 is 10.6 Å². The van der Waals surface area contributed by atoms with Crippen LogP contribution in [0.3, 0.4) is 0 Å². The minimum atomic E-state index is -4.53. The molecule has 3 N–H and O–H groups in total. The van der Waals surface area contributed by atoms with Crippen LogP contribution in [0, 0.1) is 17.5 Å². The van der Waals surface area contributed by atoms with E-state index in [0.29, 0.717) is 42.0 Å². The van der Waals surface area contributed by atoms with Gasteiger partial charge in [0, 0.05) is 35.8 Å². The summed E-state index contributed by atoms with van der Waals surface area (Å²) >= 11 is 0. The van der Waals surface area contributed by atoms with Crippen LogP contribution in [-0.2, 0) is 24.6 Å². The molecule has 13 heteroatoms. The number of hydrogen-bond acceptors (Lipinski definition) is 4. The van der Waals surface area contributed by atoms with Crippen molar-refractivity contribution in [1.29, 1.82) is 0 Å². The largest absolute Gasteiger partial charge is 0.416 e. The van der Waals surface area contributed by atoms with E-state index in [1.165, 1.54) is 18.2 Å². The predicted octanol–water partition coefficient (Wildman–Crippen LogP) is 7.28. The molecule has 3 atom stereocenters. The van der Waals surface area contributed by atoms with Gasteiger partial charge >= 0.3 is 6.18 Å². The monoisotopic (exact) mass is 731 g/mol. The molecule has 4 aromatic rings. The van der Waals surface area contributed by atoms with Crippen LogP contribution in [0.5, 0.6) is 0 Å². The Balaban J connectivity index is 0.00000504. The molecule has 0 spiro atoms. The van der Waals surface area contributed by atoms with Gasteiger partial charge in [-0.05, 0) is 103 Å². The van der Waals surface area contributed by atoms with Gasteiger partial charge in [-0.2, -0.15) is 13.2 Å². The number of benzene rings is 4. The average molecular weight is 732 g/mol. The Morgan fingerprint density at radius 1 is 0.922 bits per heavy atom. The van der Waals surface area contributed by atoms with Crippen molar-refractivity contribution in [3.05, 3.63) is 141 Å². The lowest BCUT2D eigenvalue weighted by Crippen LogP contribution is -2.50. The minimum absolute atomic E-state index is 0. The topological polar surface area (TPSA) is 81.7 Å². The van der Waals surface area contributed by atoms with E-state index in [4.69, 9.17) is 0 Å². The normalized spacial score (nSPS) is 16.8. The molecular weight excluding hydrogens is 696 g/mol. The number of amides is 2. The summed E-state index contributed by atoms with van der Waals surface area (Å²) in [6, 6.07) is 17.0. The Kier molecular flexibility index (Phi) is 11.2. The van der Waals surface area contributed by atoms with E-state index in [9.17, 15) is 41.0 Å². The summed E-state index contributed by atoms with van der Waals surface area (Å²) in [6.07, 6.45) is -4.65. The molecule has 0 aromatic heterocycles. The van der Waals surface area contributed by atoms with Gasteiger partial charge in [0.1, 0.15) is 17.5 Å². The molecule has 270 valence electrons. The van der Waals surface area contributed by atoms with Gasteiger partial charge in [-0.25, -0.2) is 13.2 Å². The molecule has 0 radical (unpaired) electrons. The number of halogens is 7. The molecule has 0 bridgehead atoms. The zero-order chi connectivity index (χ0) is 35.8. The number of rotatable bonds is 11. The third kappa shape index (κ3) is 8.40. The molecule has 2 aliphatic rings. The lowest BCUT2D eigenvalue weighted by molar-refractivity contribution is -0.137. The van der Waals surface area contributed by atoms with E-state index in [1.54, 1.807) is 41.3 Å². The zero-order valence-corrected chi connectivity index (χ0v) is 28.3. The highest BCUT2D eigenvalue weighted by atomic mass is 35.5. The molecule has 2 amide bonds. The van der Waals surface area contributed by atoms with Crippen molar-refractivity contribution in [3.8, 4) is 0 Å². The summed E-state index contributed by atoms with van der Waals surface area (Å²) in [6.45, 7) is 1.96. The maximum atomic E-state index is 14.1. The van der Waals surface area contributed by atoms with Gasteiger partial charge in [0.05, 0.1) is 23.8 Å². The second-order valence-electron chi connectivity index (χ2n) is 13.0. The standard InChI is InChI=1S/C38H35F6N3O3.ClH/c1-22(24-8-10-27(39)11-9-24)47-15-12-30-31(6-3-7-32(30)36(47)50)35(49)46-33(18-23-16-28(40)20-29(41)17-23)34(48)21-45-37(13-14-37)25-4-2-5-26(19-25)38(42,43)44;/h2-11,16-17,19-20,22,33-34,45,48H,12-15,18,21H2,1H3,(H,46,49);1H/t22?,33-,34+;/m0./s1. The van der Waals surface area contributed by atoms with Crippen molar-refractivity contribution >= 4 is 24.2 Å². The number of nitrogens with zero attached hydrogens (tertiary/aromatic N) is 1. The zero-order valence-electron chi connectivity index (χ0n) is 27.4. The Hall–Kier alpha value is -4.39. The third-order valence-corrected chi connectivity index (χ3v) is 9.64. The highest BCUT2D eigenvalue weighted by molar-refractivity contribution is 6.03. The van der Waals surface area contributed by atoms with Gasteiger partial charge in [0.15, 0.2) is 0 Å². The molecule has 1 unspecified atom stereocenters. The van der Waals surface area contributed by atoms with Crippen molar-refractivity contribution < 1.29 is 41.0 Å². The number of aliphatic hydroxyl groups is 1. The van der Waals surface area contributed by atoms with Gasteiger partial charge in [-0.3, -0.25) is 9.59 Å². The molecule has 0 saturated heterocycles. The highest BCUT2D eigenvalue weighted by Crippen LogP contribution is 2.46. The Morgan fingerprint density at radius 3 is 2.24 bits per heavy atom. The van der Waals surface area contributed by atoms with Gasteiger partial charge in [0.2, 0.25) is 0 Å². The lowest BCUT2D eigenvalue weighted by Gasteiger charge is -2.35. The Bertz CT molecular complexity index is 1880. The predicted molar refractivity (Wildman–Crippen MR) is 181 cm³/mol. The van der Waals surface area contributed by atoms with E-state index in [1.807, 2.05) is 6.92 Å². The Labute approximate surface area is 297 Å². The molecule has 51 heavy (non-hydrogen) atoms. The number of hydrogen-bond donors (Lipinski definition) is 3. The molecule has 1 heterocycles. The summed E-state index contributed by atoms with van der Waals surface area (Å²) < 4.78 is 82.0. The van der Waals surface area contributed by atoms with Gasteiger partial charge in [-0.15, -0.1) is 12.4 Å². The molecule has 1 saturated carbocycles. The fourth-order valence-electron chi connectivity index (χ4n) is 6.69. The summed E-state index contributed by atoms with van der Waals surface area (Å²) in [7, 11) is 0. The van der Waals surface area contributed by atoms with Crippen LogP contribution >= 0.6 is 12.4 Å². The molecular formula is C38H36ClF6N3O3. The molecule has 1 aliphatic carbocycles. The van der Waals surface area contributed by atoms with E-state index in [0.717, 1.165) is 29.8 Å². The van der Waals surface area contributed by atoms with Crippen molar-refractivity contribution in [2.24, 2.45) is 0 Å². The van der Waals surface area contributed by atoms with E-state index in [-0.39, 0.29) is 55.0 Å². The lowest BCUT2D eigenvalue weighted by atomic mass is 9.91. The number of alkyl halides is 3. The van der Waals surface area contributed by atoms with Crippen LogP contribution in [0.25, 0.3) is 0 Å². The van der Waals surface area contributed by atoms with Gasteiger partial charge in [0.25, 0.3) is 11.8 Å². The summed E-state index contributed by atoms with van der Waals surface area (Å²) in [5.41, 5.74) is 0.748. The van der Waals surface area contributed by atoms with Crippen molar-refractivity contribution in [1.82, 2.24) is 15.5 Å². The number of aliphatic hydroxyl groups excluding tert-OH is 1. The van der Waals surface area contributed by atoms with E-state index >= 15 is 0 Å². The SMILES string of the molecule is CC(c1ccc(F)cc1)N1CCc2c(C(=O)N[C@@H](Cc3cc(F)cc(F)c3)[C@H](O)CNC3(c4cccc(C(F)(F)F)c4)CC3)cccc2C1=O.Cl. The van der Waals surface area contributed by atoms with Crippen molar-refractivity contribution in [2.45, 2.75) is 62.5 Å². The van der Waals surface area contributed by atoms with Crippen LogP contribution in [0.4, 0.5) is 26.3 Å². The number of nitrogens with one attached hydrogen (secondary N) is 2. The first-order chi connectivity index (χ1) is 23.7. The number of fused-ring (bicyclic) bond motifs is 1. The molecule has 1 aliphatic heterocycles.